The van der Waals surface area contributed by atoms with Crippen LogP contribution in [0.1, 0.15) is 52.1 Å². The molecule has 1 aromatic heterocycles. The summed E-state index contributed by atoms with van der Waals surface area (Å²) in [6.07, 6.45) is 0. The minimum Gasteiger partial charge on any atom is -0.405 e. The number of aromatic nitrogens is 2. The van der Waals surface area contributed by atoms with Gasteiger partial charge in [-0.25, -0.2) is 4.98 Å². The maximum Gasteiger partial charge on any atom is 0.384 e. The summed E-state index contributed by atoms with van der Waals surface area (Å²) in [4.78, 5) is 8.78. The van der Waals surface area contributed by atoms with E-state index in [9.17, 15) is 0 Å². The normalized spacial score (nSPS) is 16.4. The highest BCUT2D eigenvalue weighted by atomic mass is 79.9. The molecule has 0 spiro atoms. The zero-order valence-electron chi connectivity index (χ0n) is 13.5. The molecule has 0 saturated carbocycles. The lowest BCUT2D eigenvalue weighted by Gasteiger charge is -2.28. The number of rotatable bonds is 7. The largest absolute Gasteiger partial charge is 0.405 e. The first-order chi connectivity index (χ1) is 9.90. The first-order valence-corrected chi connectivity index (χ1v) is 11.0. The Hall–Kier alpha value is 0.410. The van der Waals surface area contributed by atoms with E-state index in [-0.39, 0.29) is 10.9 Å². The van der Waals surface area contributed by atoms with Gasteiger partial charge in [-0.05, 0) is 27.7 Å². The monoisotopic (exact) mass is 474 g/mol. The van der Waals surface area contributed by atoms with Gasteiger partial charge in [0.15, 0.2) is 0 Å². The van der Waals surface area contributed by atoms with Gasteiger partial charge in [0.1, 0.15) is 15.3 Å². The highest BCUT2D eigenvalue weighted by molar-refractivity contribution is 9.10. The van der Waals surface area contributed by atoms with Crippen LogP contribution in [0.25, 0.3) is 0 Å². The fraction of sp³-hybridized carbons (Fsp3) is 0.692. The van der Waals surface area contributed by atoms with Gasteiger partial charge in [-0.15, -0.1) is 0 Å². The molecular formula is C13H21Br2N2O3PS. The molecule has 0 radical (unpaired) electrons. The average Bonchev–Trinajstić information content (AvgIpc) is 2.22. The van der Waals surface area contributed by atoms with Crippen LogP contribution in [0, 0.1) is 6.92 Å². The van der Waals surface area contributed by atoms with Gasteiger partial charge in [0.25, 0.3) is 0 Å². The van der Waals surface area contributed by atoms with Crippen LogP contribution in [0.3, 0.4) is 0 Å². The Kier molecular flexibility index (Phi) is 7.43. The van der Waals surface area contributed by atoms with Gasteiger partial charge in [0, 0.05) is 29.5 Å². The quantitative estimate of drug-likeness (QED) is 0.387. The molecule has 5 nitrogen and oxygen atoms in total. The molecule has 0 aromatic carbocycles. The second-order valence-corrected chi connectivity index (χ2v) is 11.5. The number of hydrogen-bond donors (Lipinski definition) is 0. The van der Waals surface area contributed by atoms with Crippen molar-refractivity contribution < 1.29 is 13.6 Å². The predicted octanol–water partition coefficient (Wildman–Crippen LogP) is 5.42. The number of nitrogens with zero attached hydrogens (tertiary/aromatic N) is 2. The molecule has 0 N–H and O–H groups in total. The van der Waals surface area contributed by atoms with Gasteiger partial charge in [0.2, 0.25) is 5.88 Å². The molecule has 0 aliphatic carbocycles. The average molecular weight is 476 g/mol. The third kappa shape index (κ3) is 7.32. The van der Waals surface area contributed by atoms with E-state index in [1.807, 2.05) is 34.6 Å². The Balaban J connectivity index is 3.11. The Morgan fingerprint density at radius 2 is 1.86 bits per heavy atom. The highest BCUT2D eigenvalue weighted by Gasteiger charge is 2.32. The number of alkyl halides is 2. The van der Waals surface area contributed by atoms with Crippen LogP contribution in [0.5, 0.6) is 5.88 Å². The van der Waals surface area contributed by atoms with Gasteiger partial charge in [-0.2, -0.15) is 4.98 Å². The van der Waals surface area contributed by atoms with Crippen molar-refractivity contribution >= 4 is 50.4 Å². The Labute approximate surface area is 154 Å². The lowest BCUT2D eigenvalue weighted by molar-refractivity contribution is 0.147. The molecule has 126 valence electrons. The summed E-state index contributed by atoms with van der Waals surface area (Å²) >= 11 is 12.2. The topological polar surface area (TPSA) is 53.5 Å². The van der Waals surface area contributed by atoms with Gasteiger partial charge in [0.05, 0.1) is 0 Å². The summed E-state index contributed by atoms with van der Waals surface area (Å²) in [5.74, 6) is 1.25. The molecule has 0 aliphatic heterocycles. The maximum absolute atomic E-state index is 5.83. The molecule has 0 saturated heterocycles. The lowest BCUT2D eigenvalue weighted by atomic mass is 10.2. The van der Waals surface area contributed by atoms with E-state index in [1.165, 1.54) is 0 Å². The van der Waals surface area contributed by atoms with Gasteiger partial charge >= 0.3 is 6.72 Å². The molecular weight excluding hydrogens is 455 g/mol. The molecule has 22 heavy (non-hydrogen) atoms. The first kappa shape index (κ1) is 20.5. The van der Waals surface area contributed by atoms with Crippen molar-refractivity contribution in [3.05, 3.63) is 17.6 Å². The first-order valence-electron chi connectivity index (χ1n) is 6.77. The van der Waals surface area contributed by atoms with Crippen molar-refractivity contribution in [2.24, 2.45) is 0 Å². The standard InChI is InChI=1S/C13H21Br2N2O3PS/c1-8(2)12-16-9(3)7-11(17-12)19-21(22,18-10(4)14)20-13(5,6)15/h7-8,10H,1-6H3. The van der Waals surface area contributed by atoms with Crippen LogP contribution < -0.4 is 4.52 Å². The molecule has 1 rings (SSSR count). The molecule has 2 unspecified atom stereocenters. The van der Waals surface area contributed by atoms with E-state index < -0.39 is 11.2 Å². The minimum atomic E-state index is -3.04. The lowest BCUT2D eigenvalue weighted by Crippen LogP contribution is -2.18. The van der Waals surface area contributed by atoms with Gasteiger partial charge in [-0.3, -0.25) is 9.05 Å². The zero-order valence-corrected chi connectivity index (χ0v) is 18.3. The molecule has 0 bridgehead atoms. The zero-order chi connectivity index (χ0) is 17.1. The molecule has 1 heterocycles. The van der Waals surface area contributed by atoms with E-state index in [0.717, 1.165) is 5.69 Å². The van der Waals surface area contributed by atoms with E-state index in [4.69, 9.17) is 25.4 Å². The van der Waals surface area contributed by atoms with E-state index in [0.29, 0.717) is 11.7 Å². The van der Waals surface area contributed by atoms with Gasteiger partial charge in [-0.1, -0.05) is 45.7 Å². The maximum atomic E-state index is 5.83. The smallest absolute Gasteiger partial charge is 0.384 e. The molecule has 0 aliphatic rings. The van der Waals surface area contributed by atoms with Crippen molar-refractivity contribution in [1.29, 1.82) is 0 Å². The van der Waals surface area contributed by atoms with Crippen LogP contribution in [-0.4, -0.2) is 19.5 Å². The summed E-state index contributed by atoms with van der Waals surface area (Å²) in [6, 6.07) is 1.72. The highest BCUT2D eigenvalue weighted by Crippen LogP contribution is 2.55. The van der Waals surface area contributed by atoms with Crippen molar-refractivity contribution in [3.8, 4) is 5.88 Å². The van der Waals surface area contributed by atoms with Crippen molar-refractivity contribution in [2.75, 3.05) is 0 Å². The molecule has 9 heteroatoms. The van der Waals surface area contributed by atoms with E-state index >= 15 is 0 Å². The molecule has 0 fully saturated rings. The minimum absolute atomic E-state index is 0.185. The summed E-state index contributed by atoms with van der Waals surface area (Å²) in [6.45, 7) is 8.33. The summed E-state index contributed by atoms with van der Waals surface area (Å²) in [7, 11) is 0. The van der Waals surface area contributed by atoms with Crippen LogP contribution >= 0.6 is 38.6 Å². The van der Waals surface area contributed by atoms with Crippen molar-refractivity contribution in [3.63, 3.8) is 0 Å². The van der Waals surface area contributed by atoms with Crippen molar-refractivity contribution in [2.45, 2.75) is 57.0 Å². The number of aryl methyl sites for hydroxylation is 1. The SMILES string of the molecule is Cc1cc(OP(=S)(OC(C)Br)OC(C)(C)Br)nc(C(C)C)n1. The van der Waals surface area contributed by atoms with Gasteiger partial charge < -0.3 is 4.52 Å². The molecule has 1 aromatic rings. The van der Waals surface area contributed by atoms with Crippen LogP contribution in [-0.2, 0) is 20.9 Å². The molecule has 2 atom stereocenters. The third-order valence-electron chi connectivity index (χ3n) is 2.17. The second-order valence-electron chi connectivity index (χ2n) is 5.50. The van der Waals surface area contributed by atoms with E-state index in [1.54, 1.807) is 13.0 Å². The Bertz CT molecular complexity index is 565. The molecule has 0 amide bonds. The van der Waals surface area contributed by atoms with Crippen LogP contribution in [0.15, 0.2) is 6.07 Å². The number of hydrogen-bond acceptors (Lipinski definition) is 6. The second kappa shape index (κ2) is 7.99. The fourth-order valence-corrected chi connectivity index (χ4v) is 5.85. The number of halogens is 2. The van der Waals surface area contributed by atoms with E-state index in [2.05, 4.69) is 41.8 Å². The summed E-state index contributed by atoms with van der Waals surface area (Å²) < 4.78 is 16.6. The predicted molar refractivity (Wildman–Crippen MR) is 99.3 cm³/mol. The summed E-state index contributed by atoms with van der Waals surface area (Å²) in [5, 5.41) is -0.305. The van der Waals surface area contributed by atoms with Crippen LogP contribution in [0.2, 0.25) is 0 Å². The Morgan fingerprint density at radius 3 is 2.32 bits per heavy atom. The fourth-order valence-electron chi connectivity index (χ4n) is 1.49. The van der Waals surface area contributed by atoms with Crippen molar-refractivity contribution in [1.82, 2.24) is 9.97 Å². The summed E-state index contributed by atoms with van der Waals surface area (Å²) in [5.41, 5.74) is 0.806. The third-order valence-corrected chi connectivity index (χ3v) is 5.43. The van der Waals surface area contributed by atoms with Crippen LogP contribution in [0.4, 0.5) is 0 Å². The Morgan fingerprint density at radius 1 is 1.27 bits per heavy atom.